The average Bonchev–Trinajstić information content (AvgIpc) is 2.18. The Morgan fingerprint density at radius 2 is 1.57 bits per heavy atom. The van der Waals surface area contributed by atoms with E-state index in [9.17, 15) is 0 Å². The van der Waals surface area contributed by atoms with Crippen LogP contribution in [0.1, 0.15) is 38.7 Å². The summed E-state index contributed by atoms with van der Waals surface area (Å²) in [5, 5.41) is 0. The lowest BCUT2D eigenvalue weighted by atomic mass is 9.74. The predicted molar refractivity (Wildman–Crippen MR) is 61.0 cm³/mol. The maximum atomic E-state index is 2.37. The van der Waals surface area contributed by atoms with Crippen LogP contribution in [0.25, 0.3) is 0 Å². The minimum atomic E-state index is 0.869. The molecule has 14 heavy (non-hydrogen) atoms. The molecule has 0 heterocycles. The molecule has 1 aromatic carbocycles. The van der Waals surface area contributed by atoms with Gasteiger partial charge in [-0.1, -0.05) is 13.8 Å². The molecular weight excluding hydrogens is 168 g/mol. The molecule has 0 spiro atoms. The van der Waals surface area contributed by atoms with Gasteiger partial charge in [0.1, 0.15) is 5.56 Å². The summed E-state index contributed by atoms with van der Waals surface area (Å²) in [7, 11) is 0. The molecule has 74 valence electrons. The summed E-state index contributed by atoms with van der Waals surface area (Å²) in [6.07, 6.45) is 4.00. The smallest absolute Gasteiger partial charge is 0.0611 e. The SMILES string of the molecule is C[C@@H]1C[C+](c2ccccc2)C[C@H](C)C1. The van der Waals surface area contributed by atoms with E-state index in [4.69, 9.17) is 0 Å². The molecule has 0 N–H and O–H groups in total. The third kappa shape index (κ3) is 2.12. The Labute approximate surface area is 87.3 Å². The zero-order valence-electron chi connectivity index (χ0n) is 9.16. The number of hydrogen-bond donors (Lipinski definition) is 0. The molecule has 0 bridgehead atoms. The van der Waals surface area contributed by atoms with Crippen LogP contribution in [0, 0.1) is 17.8 Å². The van der Waals surface area contributed by atoms with E-state index in [1.165, 1.54) is 24.8 Å². The second-order valence-corrected chi connectivity index (χ2v) is 4.82. The lowest BCUT2D eigenvalue weighted by Gasteiger charge is -2.27. The maximum absolute atomic E-state index is 2.37. The number of benzene rings is 1. The minimum absolute atomic E-state index is 0.869. The van der Waals surface area contributed by atoms with Crippen molar-refractivity contribution in [2.45, 2.75) is 33.1 Å². The zero-order chi connectivity index (χ0) is 9.97. The van der Waals surface area contributed by atoms with E-state index in [2.05, 4.69) is 44.2 Å². The topological polar surface area (TPSA) is 0 Å². The van der Waals surface area contributed by atoms with Crippen molar-refractivity contribution in [1.82, 2.24) is 0 Å². The molecule has 0 unspecified atom stereocenters. The lowest BCUT2D eigenvalue weighted by molar-refractivity contribution is 0.332. The Morgan fingerprint density at radius 1 is 1.00 bits per heavy atom. The highest BCUT2D eigenvalue weighted by atomic mass is 14.3. The van der Waals surface area contributed by atoms with Crippen LogP contribution in [0.3, 0.4) is 0 Å². The van der Waals surface area contributed by atoms with E-state index in [0.29, 0.717) is 0 Å². The summed E-state index contributed by atoms with van der Waals surface area (Å²) in [5.74, 6) is 3.40. The van der Waals surface area contributed by atoms with Crippen LogP contribution in [0.15, 0.2) is 30.3 Å². The van der Waals surface area contributed by atoms with E-state index < -0.39 is 0 Å². The molecule has 0 saturated heterocycles. The highest BCUT2D eigenvalue weighted by molar-refractivity contribution is 5.31. The van der Waals surface area contributed by atoms with Crippen LogP contribution in [-0.4, -0.2) is 0 Å². The van der Waals surface area contributed by atoms with Crippen molar-refractivity contribution >= 4 is 0 Å². The Bertz CT molecular complexity index is 265. The normalized spacial score (nSPS) is 27.7. The lowest BCUT2D eigenvalue weighted by Crippen LogP contribution is -2.18. The van der Waals surface area contributed by atoms with Gasteiger partial charge in [0.15, 0.2) is 0 Å². The van der Waals surface area contributed by atoms with Gasteiger partial charge in [0.2, 0.25) is 0 Å². The largest absolute Gasteiger partial charge is 0.132 e. The molecule has 1 aliphatic carbocycles. The molecule has 1 aromatic rings. The van der Waals surface area contributed by atoms with Gasteiger partial charge < -0.3 is 0 Å². The van der Waals surface area contributed by atoms with Crippen molar-refractivity contribution in [2.24, 2.45) is 11.8 Å². The van der Waals surface area contributed by atoms with Crippen LogP contribution < -0.4 is 0 Å². The molecule has 0 radical (unpaired) electrons. The highest BCUT2D eigenvalue weighted by Crippen LogP contribution is 2.37. The van der Waals surface area contributed by atoms with Gasteiger partial charge in [-0.3, -0.25) is 0 Å². The molecule has 0 nitrogen and oxygen atoms in total. The van der Waals surface area contributed by atoms with Crippen LogP contribution in [0.2, 0.25) is 0 Å². The van der Waals surface area contributed by atoms with Gasteiger partial charge in [-0.2, -0.15) is 0 Å². The highest BCUT2D eigenvalue weighted by Gasteiger charge is 2.29. The summed E-state index contributed by atoms with van der Waals surface area (Å²) in [5.41, 5.74) is 1.46. The first-order valence-electron chi connectivity index (χ1n) is 5.66. The fourth-order valence-corrected chi connectivity index (χ4v) is 2.69. The molecule has 0 aromatic heterocycles. The molecule has 0 amide bonds. The van der Waals surface area contributed by atoms with E-state index in [0.717, 1.165) is 11.8 Å². The maximum Gasteiger partial charge on any atom is 0.132 e. The summed E-state index contributed by atoms with van der Waals surface area (Å²) >= 11 is 0. The molecule has 1 saturated carbocycles. The Morgan fingerprint density at radius 3 is 2.14 bits per heavy atom. The Kier molecular flexibility index (Phi) is 2.81. The van der Waals surface area contributed by atoms with E-state index >= 15 is 0 Å². The first-order valence-corrected chi connectivity index (χ1v) is 5.66. The van der Waals surface area contributed by atoms with Gasteiger partial charge in [0.25, 0.3) is 0 Å². The number of hydrogen-bond acceptors (Lipinski definition) is 0. The fourth-order valence-electron chi connectivity index (χ4n) is 2.69. The molecule has 1 fully saturated rings. The quantitative estimate of drug-likeness (QED) is 0.581. The zero-order valence-corrected chi connectivity index (χ0v) is 9.16. The Balaban J connectivity index is 2.11. The minimum Gasteiger partial charge on any atom is -0.0611 e. The molecule has 0 aliphatic heterocycles. The van der Waals surface area contributed by atoms with Crippen molar-refractivity contribution in [2.75, 3.05) is 0 Å². The fraction of sp³-hybridized carbons (Fsp3) is 0.500. The van der Waals surface area contributed by atoms with Crippen LogP contribution in [0.4, 0.5) is 0 Å². The van der Waals surface area contributed by atoms with Crippen LogP contribution in [-0.2, 0) is 0 Å². The monoisotopic (exact) mass is 187 g/mol. The molecular formula is C14H19+. The van der Waals surface area contributed by atoms with Crippen LogP contribution in [0.5, 0.6) is 0 Å². The van der Waals surface area contributed by atoms with Crippen LogP contribution >= 0.6 is 0 Å². The summed E-state index contributed by atoms with van der Waals surface area (Å²) in [6.45, 7) is 4.75. The van der Waals surface area contributed by atoms with E-state index in [1.807, 2.05) is 0 Å². The van der Waals surface area contributed by atoms with Crippen molar-refractivity contribution in [3.63, 3.8) is 0 Å². The number of rotatable bonds is 1. The van der Waals surface area contributed by atoms with Gasteiger partial charge >= 0.3 is 0 Å². The predicted octanol–water partition coefficient (Wildman–Crippen LogP) is 4.07. The van der Waals surface area contributed by atoms with Gasteiger partial charge in [-0.25, -0.2) is 0 Å². The first kappa shape index (κ1) is 9.64. The van der Waals surface area contributed by atoms with Gasteiger partial charge in [-0.15, -0.1) is 0 Å². The second kappa shape index (κ2) is 4.08. The van der Waals surface area contributed by atoms with Gasteiger partial charge in [0, 0.05) is 30.9 Å². The van der Waals surface area contributed by atoms with Crippen molar-refractivity contribution in [3.05, 3.63) is 41.8 Å². The third-order valence-corrected chi connectivity index (χ3v) is 3.18. The molecule has 2 rings (SSSR count). The van der Waals surface area contributed by atoms with Gasteiger partial charge in [0.05, 0.1) is 0 Å². The molecule has 0 heteroatoms. The molecule has 2 atom stereocenters. The Hall–Kier alpha value is -0.910. The summed E-state index contributed by atoms with van der Waals surface area (Å²) in [4.78, 5) is 0. The van der Waals surface area contributed by atoms with Crippen molar-refractivity contribution in [3.8, 4) is 0 Å². The van der Waals surface area contributed by atoms with E-state index in [1.54, 1.807) is 5.92 Å². The summed E-state index contributed by atoms with van der Waals surface area (Å²) in [6, 6.07) is 10.9. The average molecular weight is 187 g/mol. The summed E-state index contributed by atoms with van der Waals surface area (Å²) < 4.78 is 0. The van der Waals surface area contributed by atoms with Gasteiger partial charge in [-0.05, 0) is 36.5 Å². The second-order valence-electron chi connectivity index (χ2n) is 4.82. The van der Waals surface area contributed by atoms with Crippen molar-refractivity contribution in [1.29, 1.82) is 0 Å². The standard InChI is InChI=1S/C14H19/c1-11-8-12(2)10-14(9-11)13-6-4-3-5-7-13/h3-7,11-12H,8-10H2,1-2H3/q+1/t11-,12+. The van der Waals surface area contributed by atoms with Crippen molar-refractivity contribution < 1.29 is 0 Å². The molecule has 1 aliphatic rings. The van der Waals surface area contributed by atoms with E-state index in [-0.39, 0.29) is 0 Å². The third-order valence-electron chi connectivity index (χ3n) is 3.18. The first-order chi connectivity index (χ1) is 6.75.